The van der Waals surface area contributed by atoms with E-state index >= 15 is 0 Å². The first-order chi connectivity index (χ1) is 8.76. The quantitative estimate of drug-likeness (QED) is 0.758. The number of ketones is 1. The maximum atomic E-state index is 12.3. The van der Waals surface area contributed by atoms with E-state index in [1.54, 1.807) is 19.2 Å². The highest BCUT2D eigenvalue weighted by Gasteiger charge is 2.16. The minimum Gasteiger partial charge on any atom is -0.455 e. The molecule has 0 N–H and O–H groups in total. The van der Waals surface area contributed by atoms with Crippen LogP contribution in [0.1, 0.15) is 34.4 Å². The van der Waals surface area contributed by atoms with Gasteiger partial charge in [0.25, 0.3) is 0 Å². The minimum atomic E-state index is -0.0743. The molecular weight excluding hydrogens is 228 g/mol. The van der Waals surface area contributed by atoms with Gasteiger partial charge in [0.1, 0.15) is 12.4 Å². The molecule has 0 aliphatic rings. The summed E-state index contributed by atoms with van der Waals surface area (Å²) in [7, 11) is 1.59. The fourth-order valence-electron chi connectivity index (χ4n) is 1.90. The molecule has 0 unspecified atom stereocenters. The summed E-state index contributed by atoms with van der Waals surface area (Å²) in [6.45, 7) is 2.41. The first-order valence-electron chi connectivity index (χ1n) is 5.96. The van der Waals surface area contributed by atoms with E-state index in [1.165, 1.54) is 0 Å². The number of hydrogen-bond acceptors (Lipinski definition) is 3. The van der Waals surface area contributed by atoms with Crippen molar-refractivity contribution in [3.05, 3.63) is 59.0 Å². The average molecular weight is 244 g/mol. The van der Waals surface area contributed by atoms with Crippen molar-refractivity contribution in [1.29, 1.82) is 0 Å². The molecular formula is C15H16O3. The number of furan rings is 1. The van der Waals surface area contributed by atoms with Gasteiger partial charge in [-0.15, -0.1) is 0 Å². The zero-order valence-corrected chi connectivity index (χ0v) is 10.6. The average Bonchev–Trinajstić information content (AvgIpc) is 2.87. The van der Waals surface area contributed by atoms with Crippen LogP contribution in [0.3, 0.4) is 0 Å². The van der Waals surface area contributed by atoms with Crippen LogP contribution in [-0.4, -0.2) is 12.9 Å². The molecule has 94 valence electrons. The molecule has 3 nitrogen and oxygen atoms in total. The molecule has 1 heterocycles. The predicted molar refractivity (Wildman–Crippen MR) is 68.7 cm³/mol. The molecule has 0 spiro atoms. The minimum absolute atomic E-state index is 0.0743. The highest BCUT2D eigenvalue weighted by molar-refractivity contribution is 6.08. The van der Waals surface area contributed by atoms with Crippen LogP contribution >= 0.6 is 0 Å². The highest BCUT2D eigenvalue weighted by Crippen LogP contribution is 2.17. The number of carbonyl (C=O) groups excluding carboxylic acids is 1. The lowest BCUT2D eigenvalue weighted by Crippen LogP contribution is -2.03. The number of hydrogen-bond donors (Lipinski definition) is 0. The molecule has 0 aliphatic carbocycles. The van der Waals surface area contributed by atoms with E-state index in [0.29, 0.717) is 23.7 Å². The summed E-state index contributed by atoms with van der Waals surface area (Å²) in [5.41, 5.74) is 1.74. The Morgan fingerprint density at radius 1 is 1.22 bits per heavy atom. The van der Waals surface area contributed by atoms with Crippen molar-refractivity contribution in [3.63, 3.8) is 0 Å². The Balaban J connectivity index is 2.29. The number of rotatable bonds is 5. The lowest BCUT2D eigenvalue weighted by molar-refractivity contribution is 0.0999. The summed E-state index contributed by atoms with van der Waals surface area (Å²) < 4.78 is 10.4. The molecule has 18 heavy (non-hydrogen) atoms. The molecule has 0 bridgehead atoms. The Labute approximate surface area is 106 Å². The summed E-state index contributed by atoms with van der Waals surface area (Å²) in [6.07, 6.45) is 0.827. The fraction of sp³-hybridized carbons (Fsp3) is 0.267. The van der Waals surface area contributed by atoms with E-state index in [-0.39, 0.29) is 5.78 Å². The molecule has 0 radical (unpaired) electrons. The van der Waals surface area contributed by atoms with Crippen molar-refractivity contribution in [2.45, 2.75) is 20.0 Å². The summed E-state index contributed by atoms with van der Waals surface area (Å²) >= 11 is 0. The van der Waals surface area contributed by atoms with E-state index in [9.17, 15) is 4.79 Å². The van der Waals surface area contributed by atoms with Gasteiger partial charge in [-0.3, -0.25) is 4.79 Å². The van der Waals surface area contributed by atoms with Gasteiger partial charge in [-0.2, -0.15) is 0 Å². The number of benzene rings is 1. The van der Waals surface area contributed by atoms with Crippen LogP contribution in [0.2, 0.25) is 0 Å². The van der Waals surface area contributed by atoms with Crippen molar-refractivity contribution < 1.29 is 13.9 Å². The van der Waals surface area contributed by atoms with Crippen molar-refractivity contribution in [2.75, 3.05) is 7.11 Å². The molecule has 0 amide bonds. The first kappa shape index (κ1) is 12.6. The Morgan fingerprint density at radius 2 is 2.00 bits per heavy atom. The first-order valence-corrected chi connectivity index (χ1v) is 5.96. The number of aryl methyl sites for hydroxylation is 1. The molecule has 1 aromatic carbocycles. The van der Waals surface area contributed by atoms with Gasteiger partial charge in [0.05, 0.1) is 0 Å². The van der Waals surface area contributed by atoms with Gasteiger partial charge in [-0.25, -0.2) is 0 Å². The molecule has 3 heteroatoms. The molecule has 2 rings (SSSR count). The van der Waals surface area contributed by atoms with Crippen LogP contribution < -0.4 is 0 Å². The van der Waals surface area contributed by atoms with Crippen LogP contribution in [0.5, 0.6) is 0 Å². The van der Waals surface area contributed by atoms with Crippen LogP contribution in [0, 0.1) is 0 Å². The third-order valence-corrected chi connectivity index (χ3v) is 2.81. The van der Waals surface area contributed by atoms with Crippen molar-refractivity contribution >= 4 is 5.78 Å². The standard InChI is InChI=1S/C15H16O3/c1-3-11-6-4-5-7-13(11)15(16)14-9-8-12(18-14)10-17-2/h4-9H,3,10H2,1-2H3. The second-order valence-electron chi connectivity index (χ2n) is 4.04. The Kier molecular flexibility index (Phi) is 3.95. The topological polar surface area (TPSA) is 39.4 Å². The van der Waals surface area contributed by atoms with Crippen LogP contribution in [0.4, 0.5) is 0 Å². The zero-order chi connectivity index (χ0) is 13.0. The molecule has 0 fully saturated rings. The fourth-order valence-corrected chi connectivity index (χ4v) is 1.90. The van der Waals surface area contributed by atoms with Gasteiger partial charge in [0.2, 0.25) is 5.78 Å². The van der Waals surface area contributed by atoms with E-state index in [1.807, 2.05) is 31.2 Å². The SMILES string of the molecule is CCc1ccccc1C(=O)c1ccc(COC)o1. The maximum Gasteiger partial charge on any atom is 0.228 e. The second kappa shape index (κ2) is 5.65. The molecule has 0 atom stereocenters. The Hall–Kier alpha value is -1.87. The van der Waals surface area contributed by atoms with Gasteiger partial charge in [-0.05, 0) is 24.1 Å². The zero-order valence-electron chi connectivity index (χ0n) is 10.6. The normalized spacial score (nSPS) is 10.6. The molecule has 0 saturated heterocycles. The molecule has 0 aliphatic heterocycles. The van der Waals surface area contributed by atoms with Gasteiger partial charge in [-0.1, -0.05) is 31.2 Å². The Bertz CT molecular complexity index is 540. The molecule has 1 aromatic heterocycles. The maximum absolute atomic E-state index is 12.3. The predicted octanol–water partition coefficient (Wildman–Crippen LogP) is 3.22. The monoisotopic (exact) mass is 244 g/mol. The van der Waals surface area contributed by atoms with Crippen molar-refractivity contribution in [3.8, 4) is 0 Å². The van der Waals surface area contributed by atoms with E-state index < -0.39 is 0 Å². The van der Waals surface area contributed by atoms with Gasteiger partial charge in [0, 0.05) is 12.7 Å². The number of methoxy groups -OCH3 is 1. The van der Waals surface area contributed by atoms with Crippen molar-refractivity contribution in [1.82, 2.24) is 0 Å². The van der Waals surface area contributed by atoms with E-state index in [4.69, 9.17) is 9.15 Å². The van der Waals surface area contributed by atoms with Crippen LogP contribution in [-0.2, 0) is 17.8 Å². The lowest BCUT2D eigenvalue weighted by atomic mass is 10.0. The van der Waals surface area contributed by atoms with Crippen LogP contribution in [0.25, 0.3) is 0 Å². The van der Waals surface area contributed by atoms with Gasteiger partial charge >= 0.3 is 0 Å². The smallest absolute Gasteiger partial charge is 0.228 e. The van der Waals surface area contributed by atoms with Gasteiger partial charge in [0.15, 0.2) is 5.76 Å². The highest BCUT2D eigenvalue weighted by atomic mass is 16.5. The van der Waals surface area contributed by atoms with Crippen molar-refractivity contribution in [2.24, 2.45) is 0 Å². The Morgan fingerprint density at radius 3 is 2.72 bits per heavy atom. The molecule has 0 saturated carbocycles. The number of carbonyl (C=O) groups is 1. The third kappa shape index (κ3) is 2.51. The van der Waals surface area contributed by atoms with Gasteiger partial charge < -0.3 is 9.15 Å². The number of ether oxygens (including phenoxy) is 1. The third-order valence-electron chi connectivity index (χ3n) is 2.81. The second-order valence-corrected chi connectivity index (χ2v) is 4.04. The largest absolute Gasteiger partial charge is 0.455 e. The summed E-state index contributed by atoms with van der Waals surface area (Å²) in [6, 6.07) is 11.1. The summed E-state index contributed by atoms with van der Waals surface area (Å²) in [5, 5.41) is 0. The molecule has 2 aromatic rings. The van der Waals surface area contributed by atoms with E-state index in [0.717, 1.165) is 12.0 Å². The van der Waals surface area contributed by atoms with Crippen LogP contribution in [0.15, 0.2) is 40.8 Å². The summed E-state index contributed by atoms with van der Waals surface area (Å²) in [4.78, 5) is 12.3. The van der Waals surface area contributed by atoms with E-state index in [2.05, 4.69) is 0 Å². The summed E-state index contributed by atoms with van der Waals surface area (Å²) in [5.74, 6) is 0.951. The lowest BCUT2D eigenvalue weighted by Gasteiger charge is -2.04.